The van der Waals surface area contributed by atoms with Crippen LogP contribution in [-0.2, 0) is 5.75 Å². The molecule has 0 unspecified atom stereocenters. The van der Waals surface area contributed by atoms with E-state index in [4.69, 9.17) is 0 Å². The highest BCUT2D eigenvalue weighted by Gasteiger charge is 1.98. The molecule has 0 aliphatic carbocycles. The fourth-order valence-electron chi connectivity index (χ4n) is 1.24. The molecule has 1 rings (SSSR count). The van der Waals surface area contributed by atoms with Gasteiger partial charge < -0.3 is 5.11 Å². The summed E-state index contributed by atoms with van der Waals surface area (Å²) in [6, 6.07) is 5.85. The molecule has 0 aliphatic heterocycles. The van der Waals surface area contributed by atoms with Gasteiger partial charge in [-0.3, -0.25) is 0 Å². The molecule has 1 nitrogen and oxygen atoms in total. The second-order valence-corrected chi connectivity index (χ2v) is 4.63. The Morgan fingerprint density at radius 3 is 2.79 bits per heavy atom. The average Bonchev–Trinajstić information content (AvgIpc) is 2.18. The van der Waals surface area contributed by atoms with Gasteiger partial charge in [-0.25, -0.2) is 0 Å². The van der Waals surface area contributed by atoms with E-state index in [0.29, 0.717) is 5.75 Å². The SMILES string of the molecule is CCCCSCc1ccc(O)c(C)c1. The predicted molar refractivity (Wildman–Crippen MR) is 63.9 cm³/mol. The molecule has 0 fully saturated rings. The Kier molecular flexibility index (Phi) is 4.88. The second-order valence-electron chi connectivity index (χ2n) is 3.53. The van der Waals surface area contributed by atoms with E-state index < -0.39 is 0 Å². The van der Waals surface area contributed by atoms with Crippen molar-refractivity contribution in [3.8, 4) is 5.75 Å². The lowest BCUT2D eigenvalue weighted by Gasteiger charge is -2.03. The van der Waals surface area contributed by atoms with Crippen LogP contribution in [0.5, 0.6) is 5.75 Å². The molecular weight excluding hydrogens is 192 g/mol. The number of rotatable bonds is 5. The van der Waals surface area contributed by atoms with Crippen molar-refractivity contribution >= 4 is 11.8 Å². The van der Waals surface area contributed by atoms with Gasteiger partial charge in [0.2, 0.25) is 0 Å². The molecule has 0 aliphatic rings. The van der Waals surface area contributed by atoms with E-state index in [2.05, 4.69) is 13.0 Å². The summed E-state index contributed by atoms with van der Waals surface area (Å²) in [5, 5.41) is 9.35. The van der Waals surface area contributed by atoms with Crippen LogP contribution in [0.2, 0.25) is 0 Å². The topological polar surface area (TPSA) is 20.2 Å². The summed E-state index contributed by atoms with van der Waals surface area (Å²) < 4.78 is 0. The zero-order chi connectivity index (χ0) is 10.4. The second kappa shape index (κ2) is 5.97. The molecule has 1 aromatic rings. The number of benzene rings is 1. The summed E-state index contributed by atoms with van der Waals surface area (Å²) in [6.45, 7) is 4.15. The summed E-state index contributed by atoms with van der Waals surface area (Å²) in [6.07, 6.45) is 2.56. The van der Waals surface area contributed by atoms with E-state index in [-0.39, 0.29) is 0 Å². The van der Waals surface area contributed by atoms with Gasteiger partial charge in [0, 0.05) is 5.75 Å². The Balaban J connectivity index is 2.39. The number of aromatic hydroxyl groups is 1. The van der Waals surface area contributed by atoms with Gasteiger partial charge >= 0.3 is 0 Å². The van der Waals surface area contributed by atoms with Crippen molar-refractivity contribution in [1.29, 1.82) is 0 Å². The van der Waals surface area contributed by atoms with Crippen molar-refractivity contribution in [3.05, 3.63) is 29.3 Å². The Morgan fingerprint density at radius 1 is 1.36 bits per heavy atom. The number of phenolic OH excluding ortho intramolecular Hbond substituents is 1. The Morgan fingerprint density at radius 2 is 2.14 bits per heavy atom. The number of thioether (sulfide) groups is 1. The van der Waals surface area contributed by atoms with Gasteiger partial charge in [0.25, 0.3) is 0 Å². The summed E-state index contributed by atoms with van der Waals surface area (Å²) in [7, 11) is 0. The Bertz CT molecular complexity index is 284. The number of phenols is 1. The number of aryl methyl sites for hydroxylation is 1. The summed E-state index contributed by atoms with van der Waals surface area (Å²) in [4.78, 5) is 0. The molecule has 0 bridgehead atoms. The maximum Gasteiger partial charge on any atom is 0.118 e. The molecule has 78 valence electrons. The highest BCUT2D eigenvalue weighted by atomic mass is 32.2. The minimum Gasteiger partial charge on any atom is -0.508 e. The standard InChI is InChI=1S/C12H18OS/c1-3-4-7-14-9-11-5-6-12(13)10(2)8-11/h5-6,8,13H,3-4,7,9H2,1-2H3. The van der Waals surface area contributed by atoms with E-state index in [1.54, 1.807) is 6.07 Å². The molecule has 0 heterocycles. The summed E-state index contributed by atoms with van der Waals surface area (Å²) >= 11 is 1.96. The minimum atomic E-state index is 0.396. The first-order valence-electron chi connectivity index (χ1n) is 5.10. The number of unbranched alkanes of at least 4 members (excludes halogenated alkanes) is 1. The molecule has 1 N–H and O–H groups in total. The molecule has 0 aromatic heterocycles. The van der Waals surface area contributed by atoms with Crippen LogP contribution >= 0.6 is 11.8 Å². The van der Waals surface area contributed by atoms with Crippen LogP contribution in [0.3, 0.4) is 0 Å². The molecule has 0 saturated heterocycles. The normalized spacial score (nSPS) is 10.4. The highest BCUT2D eigenvalue weighted by molar-refractivity contribution is 7.98. The number of hydrogen-bond acceptors (Lipinski definition) is 2. The third-order valence-corrected chi connectivity index (χ3v) is 3.29. The monoisotopic (exact) mass is 210 g/mol. The van der Waals surface area contributed by atoms with E-state index in [0.717, 1.165) is 11.3 Å². The van der Waals surface area contributed by atoms with Gasteiger partial charge in [-0.05, 0) is 36.3 Å². The zero-order valence-corrected chi connectivity index (χ0v) is 9.73. The van der Waals surface area contributed by atoms with Crippen molar-refractivity contribution in [2.45, 2.75) is 32.4 Å². The van der Waals surface area contributed by atoms with E-state index in [9.17, 15) is 5.11 Å². The van der Waals surface area contributed by atoms with Gasteiger partial charge in [0.15, 0.2) is 0 Å². The van der Waals surface area contributed by atoms with Crippen LogP contribution < -0.4 is 0 Å². The Hall–Kier alpha value is -0.630. The largest absolute Gasteiger partial charge is 0.508 e. The molecule has 14 heavy (non-hydrogen) atoms. The van der Waals surface area contributed by atoms with Crippen molar-refractivity contribution in [2.24, 2.45) is 0 Å². The van der Waals surface area contributed by atoms with Crippen LogP contribution in [0.1, 0.15) is 30.9 Å². The van der Waals surface area contributed by atoms with Crippen LogP contribution in [0, 0.1) is 6.92 Å². The van der Waals surface area contributed by atoms with Crippen molar-refractivity contribution < 1.29 is 5.11 Å². The lowest BCUT2D eigenvalue weighted by Crippen LogP contribution is -1.85. The van der Waals surface area contributed by atoms with Crippen LogP contribution in [0.15, 0.2) is 18.2 Å². The number of hydrogen-bond donors (Lipinski definition) is 1. The zero-order valence-electron chi connectivity index (χ0n) is 8.92. The average molecular weight is 210 g/mol. The van der Waals surface area contributed by atoms with Crippen molar-refractivity contribution in [1.82, 2.24) is 0 Å². The summed E-state index contributed by atoms with van der Waals surface area (Å²) in [5.74, 6) is 2.68. The fraction of sp³-hybridized carbons (Fsp3) is 0.500. The third-order valence-electron chi connectivity index (χ3n) is 2.17. The molecule has 0 amide bonds. The van der Waals surface area contributed by atoms with Crippen molar-refractivity contribution in [2.75, 3.05) is 5.75 Å². The van der Waals surface area contributed by atoms with Gasteiger partial charge in [0.05, 0.1) is 0 Å². The summed E-state index contributed by atoms with van der Waals surface area (Å²) in [5.41, 5.74) is 2.28. The first-order chi connectivity index (χ1) is 6.74. The molecule has 2 heteroatoms. The molecule has 1 aromatic carbocycles. The molecule has 0 atom stereocenters. The lowest BCUT2D eigenvalue weighted by molar-refractivity contribution is 0.471. The van der Waals surface area contributed by atoms with Crippen LogP contribution in [0.25, 0.3) is 0 Å². The van der Waals surface area contributed by atoms with E-state index in [1.807, 2.05) is 24.8 Å². The smallest absolute Gasteiger partial charge is 0.118 e. The Labute approximate surface area is 90.5 Å². The third kappa shape index (κ3) is 3.62. The first-order valence-corrected chi connectivity index (χ1v) is 6.25. The first kappa shape index (κ1) is 11.4. The molecule has 0 radical (unpaired) electrons. The predicted octanol–water partition coefficient (Wildman–Crippen LogP) is 3.73. The molecule has 0 saturated carbocycles. The maximum absolute atomic E-state index is 9.35. The quantitative estimate of drug-likeness (QED) is 0.747. The van der Waals surface area contributed by atoms with Gasteiger partial charge in [-0.15, -0.1) is 0 Å². The maximum atomic E-state index is 9.35. The van der Waals surface area contributed by atoms with Crippen molar-refractivity contribution in [3.63, 3.8) is 0 Å². The van der Waals surface area contributed by atoms with Gasteiger partial charge in [-0.1, -0.05) is 25.5 Å². The fourth-order valence-corrected chi connectivity index (χ4v) is 2.30. The molecular formula is C12H18OS. The van der Waals surface area contributed by atoms with E-state index in [1.165, 1.54) is 24.2 Å². The highest BCUT2D eigenvalue weighted by Crippen LogP contribution is 2.20. The molecule has 0 spiro atoms. The van der Waals surface area contributed by atoms with Crippen LogP contribution in [0.4, 0.5) is 0 Å². The van der Waals surface area contributed by atoms with E-state index >= 15 is 0 Å². The minimum absolute atomic E-state index is 0.396. The van der Waals surface area contributed by atoms with Gasteiger partial charge in [0.1, 0.15) is 5.75 Å². The van der Waals surface area contributed by atoms with Gasteiger partial charge in [-0.2, -0.15) is 11.8 Å². The lowest BCUT2D eigenvalue weighted by atomic mass is 10.1. The van der Waals surface area contributed by atoms with Crippen LogP contribution in [-0.4, -0.2) is 10.9 Å².